The van der Waals surface area contributed by atoms with Gasteiger partial charge in [-0.1, -0.05) is 48.5 Å². The minimum Gasteiger partial charge on any atom is -0.497 e. The van der Waals surface area contributed by atoms with E-state index in [1.54, 1.807) is 31.4 Å². The molecular weight excluding hydrogens is 442 g/mol. The lowest BCUT2D eigenvalue weighted by Crippen LogP contribution is -2.44. The lowest BCUT2D eigenvalue weighted by molar-refractivity contribution is -0.118. The molecule has 182 valence electrons. The Bertz CT molecular complexity index is 1120. The summed E-state index contributed by atoms with van der Waals surface area (Å²) in [6.45, 7) is 0.716. The summed E-state index contributed by atoms with van der Waals surface area (Å²) in [5.74, 6) is 0.344. The number of anilines is 1. The molecule has 2 amide bonds. The molecule has 1 atom stereocenters. The Morgan fingerprint density at radius 2 is 1.54 bits per heavy atom. The van der Waals surface area contributed by atoms with Crippen molar-refractivity contribution in [3.8, 4) is 16.9 Å². The highest BCUT2D eigenvalue weighted by Gasteiger charge is 2.29. The largest absolute Gasteiger partial charge is 0.497 e. The molecule has 0 saturated carbocycles. The highest BCUT2D eigenvalue weighted by molar-refractivity contribution is 5.96. The van der Waals surface area contributed by atoms with E-state index < -0.39 is 12.1 Å². The van der Waals surface area contributed by atoms with Crippen LogP contribution in [0.15, 0.2) is 72.8 Å². The minimum absolute atomic E-state index is 0.0445. The van der Waals surface area contributed by atoms with E-state index in [-0.39, 0.29) is 18.4 Å². The molecule has 0 heterocycles. The Morgan fingerprint density at radius 3 is 2.14 bits per heavy atom. The number of nitrogens with one attached hydrogen (secondary N) is 2. The molecule has 0 aliphatic heterocycles. The van der Waals surface area contributed by atoms with Gasteiger partial charge in [-0.2, -0.15) is 0 Å². The molecule has 0 spiro atoms. The van der Waals surface area contributed by atoms with Crippen molar-refractivity contribution >= 4 is 17.7 Å². The summed E-state index contributed by atoms with van der Waals surface area (Å²) in [5.41, 5.74) is 10.8. The molecule has 0 unspecified atom stereocenters. The number of carbonyl (C=O) groups excluding carboxylic acids is 2. The van der Waals surface area contributed by atoms with Crippen LogP contribution in [-0.2, 0) is 9.53 Å². The number of unbranched alkanes of at least 4 members (excludes halogenated alkanes) is 1. The summed E-state index contributed by atoms with van der Waals surface area (Å²) in [7, 11) is 1.58. The maximum atomic E-state index is 12.9. The number of ether oxygens (including phenoxy) is 2. The third kappa shape index (κ3) is 5.81. The number of rotatable bonds is 10. The maximum absolute atomic E-state index is 12.9. The lowest BCUT2D eigenvalue weighted by atomic mass is 9.98. The summed E-state index contributed by atoms with van der Waals surface area (Å²) in [6, 6.07) is 22.6. The first-order valence-electron chi connectivity index (χ1n) is 11.9. The Hall–Kier alpha value is -3.84. The third-order valence-corrected chi connectivity index (χ3v) is 6.26. The summed E-state index contributed by atoms with van der Waals surface area (Å²) in [5, 5.41) is 5.60. The summed E-state index contributed by atoms with van der Waals surface area (Å²) in [4.78, 5) is 25.7. The van der Waals surface area contributed by atoms with Crippen molar-refractivity contribution in [2.45, 2.75) is 31.2 Å². The van der Waals surface area contributed by atoms with E-state index in [0.717, 1.165) is 28.7 Å². The zero-order valence-electron chi connectivity index (χ0n) is 19.8. The van der Waals surface area contributed by atoms with Crippen LogP contribution in [0.2, 0.25) is 0 Å². The van der Waals surface area contributed by atoms with Gasteiger partial charge < -0.3 is 25.8 Å². The Balaban J connectivity index is 1.40. The van der Waals surface area contributed by atoms with Gasteiger partial charge in [0.1, 0.15) is 18.4 Å². The van der Waals surface area contributed by atoms with Gasteiger partial charge >= 0.3 is 6.09 Å². The van der Waals surface area contributed by atoms with Gasteiger partial charge in [-0.3, -0.25) is 4.79 Å². The lowest BCUT2D eigenvalue weighted by Gasteiger charge is -2.20. The van der Waals surface area contributed by atoms with E-state index in [0.29, 0.717) is 30.8 Å². The molecule has 35 heavy (non-hydrogen) atoms. The number of alkyl carbamates (subject to hydrolysis) is 1. The first-order chi connectivity index (χ1) is 17.1. The summed E-state index contributed by atoms with van der Waals surface area (Å²) in [6.07, 6.45) is 1.32. The number of hydrogen-bond acceptors (Lipinski definition) is 5. The number of amides is 2. The van der Waals surface area contributed by atoms with Crippen LogP contribution in [0.1, 0.15) is 36.3 Å². The van der Waals surface area contributed by atoms with Gasteiger partial charge in [0, 0.05) is 11.6 Å². The van der Waals surface area contributed by atoms with Gasteiger partial charge in [0.25, 0.3) is 0 Å². The SMILES string of the molecule is COc1ccc(NC(=O)[C@H](CCCCN)NC(=O)OCC2c3ccccc3-c3ccccc32)cc1. The number of methoxy groups -OCH3 is 1. The molecule has 1 aliphatic rings. The first kappa shape index (κ1) is 24.3. The van der Waals surface area contributed by atoms with Crippen molar-refractivity contribution in [3.05, 3.63) is 83.9 Å². The van der Waals surface area contributed by atoms with Crippen LogP contribution in [0.3, 0.4) is 0 Å². The average molecular weight is 474 g/mol. The minimum atomic E-state index is -0.737. The second-order valence-electron chi connectivity index (χ2n) is 8.52. The third-order valence-electron chi connectivity index (χ3n) is 6.26. The molecule has 0 saturated heterocycles. The molecule has 3 aromatic rings. The average Bonchev–Trinajstić information content (AvgIpc) is 3.21. The number of fused-ring (bicyclic) bond motifs is 3. The van der Waals surface area contributed by atoms with E-state index in [1.807, 2.05) is 24.3 Å². The van der Waals surface area contributed by atoms with Crippen LogP contribution in [0.25, 0.3) is 11.1 Å². The molecule has 0 fully saturated rings. The molecule has 0 aromatic heterocycles. The van der Waals surface area contributed by atoms with Crippen LogP contribution in [0.5, 0.6) is 5.75 Å². The maximum Gasteiger partial charge on any atom is 0.407 e. The van der Waals surface area contributed by atoms with E-state index in [9.17, 15) is 9.59 Å². The second kappa shape index (κ2) is 11.5. The van der Waals surface area contributed by atoms with E-state index in [2.05, 4.69) is 34.9 Å². The van der Waals surface area contributed by atoms with E-state index in [4.69, 9.17) is 15.2 Å². The van der Waals surface area contributed by atoms with Crippen molar-refractivity contribution < 1.29 is 19.1 Å². The topological polar surface area (TPSA) is 103 Å². The molecule has 1 aliphatic carbocycles. The molecule has 4 N–H and O–H groups in total. The Kier molecular flexibility index (Phi) is 8.00. The van der Waals surface area contributed by atoms with Gasteiger partial charge in [0.05, 0.1) is 7.11 Å². The van der Waals surface area contributed by atoms with Crippen LogP contribution >= 0.6 is 0 Å². The summed E-state index contributed by atoms with van der Waals surface area (Å²) < 4.78 is 10.8. The normalized spacial score (nSPS) is 12.9. The predicted octanol–water partition coefficient (Wildman–Crippen LogP) is 4.67. The number of hydrogen-bond donors (Lipinski definition) is 3. The molecular formula is C28H31N3O4. The smallest absolute Gasteiger partial charge is 0.407 e. The highest BCUT2D eigenvalue weighted by Crippen LogP contribution is 2.44. The van der Waals surface area contributed by atoms with Crippen LogP contribution in [0.4, 0.5) is 10.5 Å². The molecule has 7 nitrogen and oxygen atoms in total. The van der Waals surface area contributed by atoms with Gasteiger partial charge in [0.15, 0.2) is 0 Å². The second-order valence-corrected chi connectivity index (χ2v) is 8.52. The standard InChI is InChI=1S/C28H31N3O4/c1-34-20-15-13-19(14-16-20)30-27(32)26(12-6-7-17-29)31-28(33)35-18-25-23-10-4-2-8-21(23)22-9-3-5-11-24(22)25/h2-5,8-11,13-16,25-26H,6-7,12,17-18,29H2,1H3,(H,30,32)(H,31,33)/t26-/m0/s1. The van der Waals surface area contributed by atoms with Gasteiger partial charge in [-0.25, -0.2) is 4.79 Å². The fourth-order valence-corrected chi connectivity index (χ4v) is 4.45. The molecule has 0 radical (unpaired) electrons. The van der Waals surface area contributed by atoms with Gasteiger partial charge in [0.2, 0.25) is 5.91 Å². The van der Waals surface area contributed by atoms with Crippen LogP contribution in [0, 0.1) is 0 Å². The highest BCUT2D eigenvalue weighted by atomic mass is 16.5. The quantitative estimate of drug-likeness (QED) is 0.371. The van der Waals surface area contributed by atoms with Crippen molar-refractivity contribution in [2.24, 2.45) is 5.73 Å². The van der Waals surface area contributed by atoms with E-state index >= 15 is 0 Å². The number of carbonyl (C=O) groups is 2. The van der Waals surface area contributed by atoms with Gasteiger partial charge in [-0.05, 0) is 72.3 Å². The Labute approximate surface area is 205 Å². The summed E-state index contributed by atoms with van der Waals surface area (Å²) >= 11 is 0. The fraction of sp³-hybridized carbons (Fsp3) is 0.286. The van der Waals surface area contributed by atoms with Gasteiger partial charge in [-0.15, -0.1) is 0 Å². The number of nitrogens with two attached hydrogens (primary N) is 1. The zero-order valence-corrected chi connectivity index (χ0v) is 19.8. The number of benzene rings is 3. The van der Waals surface area contributed by atoms with Crippen molar-refractivity contribution in [3.63, 3.8) is 0 Å². The van der Waals surface area contributed by atoms with Crippen LogP contribution in [-0.4, -0.2) is 38.3 Å². The van der Waals surface area contributed by atoms with E-state index in [1.165, 1.54) is 0 Å². The molecule has 7 heteroatoms. The molecule has 0 bridgehead atoms. The fourth-order valence-electron chi connectivity index (χ4n) is 4.45. The molecule has 3 aromatic carbocycles. The zero-order chi connectivity index (χ0) is 24.6. The first-order valence-corrected chi connectivity index (χ1v) is 11.9. The predicted molar refractivity (Wildman–Crippen MR) is 137 cm³/mol. The van der Waals surface area contributed by atoms with Crippen LogP contribution < -0.4 is 21.1 Å². The Morgan fingerprint density at radius 1 is 0.914 bits per heavy atom. The molecule has 4 rings (SSSR count). The van der Waals surface area contributed by atoms with Crippen molar-refractivity contribution in [1.82, 2.24) is 5.32 Å². The van der Waals surface area contributed by atoms with Crippen molar-refractivity contribution in [2.75, 3.05) is 25.6 Å². The van der Waals surface area contributed by atoms with Crippen molar-refractivity contribution in [1.29, 1.82) is 0 Å². The monoisotopic (exact) mass is 473 g/mol.